The number of carbonyl (C=O) groups excluding carboxylic acids is 2. The monoisotopic (exact) mass is 470 g/mol. The Morgan fingerprint density at radius 3 is 2.34 bits per heavy atom. The molecule has 0 spiro atoms. The van der Waals surface area contributed by atoms with E-state index in [1.165, 1.54) is 9.47 Å². The second kappa shape index (κ2) is 7.29. The van der Waals surface area contributed by atoms with Crippen molar-refractivity contribution in [3.8, 4) is 0 Å². The number of anilines is 2. The fraction of sp³-hybridized carbons (Fsp3) is 0.296. The van der Waals surface area contributed by atoms with E-state index in [2.05, 4.69) is 9.88 Å². The molecule has 8 nitrogen and oxygen atoms in total. The summed E-state index contributed by atoms with van der Waals surface area (Å²) in [6, 6.07) is 12.8. The maximum Gasteiger partial charge on any atom is 0.326 e. The molecule has 0 radical (unpaired) electrons. The van der Waals surface area contributed by atoms with E-state index in [1.54, 1.807) is 31.3 Å². The largest absolute Gasteiger partial charge is 0.390 e. The number of piperidine rings is 1. The molecule has 2 aliphatic rings. The number of nitrogens with zero attached hydrogens (tertiary/aromatic N) is 3. The van der Waals surface area contributed by atoms with Crippen LogP contribution < -0.4 is 15.5 Å². The Morgan fingerprint density at radius 2 is 1.63 bits per heavy atom. The van der Waals surface area contributed by atoms with Gasteiger partial charge in [0.2, 0.25) is 0 Å². The summed E-state index contributed by atoms with van der Waals surface area (Å²) in [6.45, 7) is 5.09. The molecule has 6 rings (SSSR count). The van der Waals surface area contributed by atoms with Crippen LogP contribution in [0.15, 0.2) is 47.3 Å². The number of hydrogen-bond donors (Lipinski definition) is 2. The predicted molar refractivity (Wildman–Crippen MR) is 135 cm³/mol. The SMILES string of the molecule is Cc1cc2[nH]c(=O)n(C)c2cc1N1C(=O)c2cccc3c(N4CCC(C)(O)CC4)ccc(c23)C1=O. The zero-order chi connectivity index (χ0) is 24.6. The molecule has 0 bridgehead atoms. The average Bonchev–Trinajstić information content (AvgIpc) is 3.10. The highest BCUT2D eigenvalue weighted by Gasteiger charge is 2.36. The van der Waals surface area contributed by atoms with Gasteiger partial charge in [-0.2, -0.15) is 0 Å². The van der Waals surface area contributed by atoms with Crippen LogP contribution in [0, 0.1) is 6.92 Å². The van der Waals surface area contributed by atoms with E-state index >= 15 is 0 Å². The summed E-state index contributed by atoms with van der Waals surface area (Å²) in [4.78, 5) is 45.8. The number of carbonyl (C=O) groups is 2. The maximum absolute atomic E-state index is 13.7. The summed E-state index contributed by atoms with van der Waals surface area (Å²) in [5, 5.41) is 11.9. The van der Waals surface area contributed by atoms with Crippen LogP contribution in [-0.4, -0.2) is 45.2 Å². The number of aromatic amines is 1. The minimum Gasteiger partial charge on any atom is -0.390 e. The normalized spacial score (nSPS) is 17.6. The van der Waals surface area contributed by atoms with Crippen LogP contribution >= 0.6 is 0 Å². The number of aryl methyl sites for hydroxylation is 2. The molecule has 4 aromatic rings. The van der Waals surface area contributed by atoms with Crippen molar-refractivity contribution in [1.29, 1.82) is 0 Å². The molecule has 0 aliphatic carbocycles. The Labute approximate surface area is 201 Å². The van der Waals surface area contributed by atoms with Gasteiger partial charge >= 0.3 is 5.69 Å². The van der Waals surface area contributed by atoms with Crippen LogP contribution in [0.4, 0.5) is 11.4 Å². The van der Waals surface area contributed by atoms with Gasteiger partial charge in [-0.05, 0) is 62.6 Å². The number of amides is 2. The molecule has 2 N–H and O–H groups in total. The molecule has 2 aliphatic heterocycles. The van der Waals surface area contributed by atoms with Gasteiger partial charge in [0.15, 0.2) is 0 Å². The molecule has 3 aromatic carbocycles. The third kappa shape index (κ3) is 3.13. The van der Waals surface area contributed by atoms with Gasteiger partial charge in [-0.25, -0.2) is 9.69 Å². The minimum atomic E-state index is -0.669. The standard InChI is InChI=1S/C27H26N4O4/c1-15-13-19-22(29(3)26(34)28-19)14-21(15)31-24(32)17-6-4-5-16-20(8-7-18(23(16)17)25(31)33)30-11-9-27(2,35)10-12-30/h4-8,13-14,35H,9-12H2,1-3H3,(H,28,34). The van der Waals surface area contributed by atoms with E-state index in [9.17, 15) is 19.5 Å². The van der Waals surface area contributed by atoms with Crippen LogP contribution in [0.2, 0.25) is 0 Å². The number of H-pyrrole nitrogens is 1. The highest BCUT2D eigenvalue weighted by Crippen LogP contribution is 2.39. The molecular formula is C27H26N4O4. The van der Waals surface area contributed by atoms with Crippen molar-refractivity contribution < 1.29 is 14.7 Å². The van der Waals surface area contributed by atoms with Crippen LogP contribution in [0.1, 0.15) is 46.0 Å². The number of aliphatic hydroxyl groups is 1. The molecule has 1 aromatic heterocycles. The van der Waals surface area contributed by atoms with Crippen molar-refractivity contribution >= 4 is 45.0 Å². The van der Waals surface area contributed by atoms with Crippen LogP contribution in [0.25, 0.3) is 21.8 Å². The molecule has 1 saturated heterocycles. The summed E-state index contributed by atoms with van der Waals surface area (Å²) in [5.41, 5.74) is 3.46. The molecule has 0 atom stereocenters. The number of nitrogens with one attached hydrogen (secondary N) is 1. The van der Waals surface area contributed by atoms with E-state index in [-0.39, 0.29) is 17.5 Å². The van der Waals surface area contributed by atoms with Crippen LogP contribution in [0.3, 0.4) is 0 Å². The van der Waals surface area contributed by atoms with Crippen molar-refractivity contribution in [3.05, 3.63) is 69.6 Å². The van der Waals surface area contributed by atoms with Crippen LogP contribution in [0.5, 0.6) is 0 Å². The van der Waals surface area contributed by atoms with Gasteiger partial charge < -0.3 is 15.0 Å². The maximum atomic E-state index is 13.7. The van der Waals surface area contributed by atoms with Gasteiger partial charge in [0, 0.05) is 47.7 Å². The first-order valence-electron chi connectivity index (χ1n) is 11.8. The average molecular weight is 471 g/mol. The first-order valence-corrected chi connectivity index (χ1v) is 11.8. The number of benzene rings is 3. The smallest absolute Gasteiger partial charge is 0.326 e. The van der Waals surface area contributed by atoms with Gasteiger partial charge in [-0.15, -0.1) is 0 Å². The van der Waals surface area contributed by atoms with Crippen molar-refractivity contribution in [3.63, 3.8) is 0 Å². The van der Waals surface area contributed by atoms with Crippen molar-refractivity contribution in [2.24, 2.45) is 7.05 Å². The fourth-order valence-corrected chi connectivity index (χ4v) is 5.42. The van der Waals surface area contributed by atoms with E-state index < -0.39 is 5.60 Å². The Hall–Kier alpha value is -3.91. The van der Waals surface area contributed by atoms with Crippen molar-refractivity contribution in [1.82, 2.24) is 9.55 Å². The molecule has 0 saturated carbocycles. The summed E-state index contributed by atoms with van der Waals surface area (Å²) >= 11 is 0. The van der Waals surface area contributed by atoms with Gasteiger partial charge in [0.1, 0.15) is 0 Å². The fourth-order valence-electron chi connectivity index (χ4n) is 5.42. The summed E-state index contributed by atoms with van der Waals surface area (Å²) in [5.74, 6) is -0.760. The minimum absolute atomic E-state index is 0.255. The lowest BCUT2D eigenvalue weighted by Gasteiger charge is -2.38. The highest BCUT2D eigenvalue weighted by molar-refractivity contribution is 6.36. The molecule has 178 valence electrons. The second-order valence-corrected chi connectivity index (χ2v) is 9.94. The lowest BCUT2D eigenvalue weighted by molar-refractivity contribution is 0.0352. The molecule has 2 amide bonds. The van der Waals surface area contributed by atoms with Gasteiger partial charge in [-0.1, -0.05) is 12.1 Å². The first kappa shape index (κ1) is 21.6. The molecular weight excluding hydrogens is 444 g/mol. The Kier molecular flexibility index (Phi) is 4.50. The second-order valence-electron chi connectivity index (χ2n) is 9.94. The molecule has 3 heterocycles. The predicted octanol–water partition coefficient (Wildman–Crippen LogP) is 3.48. The van der Waals surface area contributed by atoms with E-state index in [0.29, 0.717) is 64.7 Å². The topological polar surface area (TPSA) is 98.6 Å². The third-order valence-electron chi connectivity index (χ3n) is 7.53. The quantitative estimate of drug-likeness (QED) is 0.437. The lowest BCUT2D eigenvalue weighted by atomic mass is 9.90. The third-order valence-corrected chi connectivity index (χ3v) is 7.53. The lowest BCUT2D eigenvalue weighted by Crippen LogP contribution is -2.43. The van der Waals surface area contributed by atoms with Gasteiger partial charge in [0.05, 0.1) is 22.3 Å². The highest BCUT2D eigenvalue weighted by atomic mass is 16.3. The molecule has 35 heavy (non-hydrogen) atoms. The summed E-state index contributed by atoms with van der Waals surface area (Å²) < 4.78 is 1.47. The first-order chi connectivity index (χ1) is 16.7. The zero-order valence-corrected chi connectivity index (χ0v) is 19.9. The van der Waals surface area contributed by atoms with Crippen molar-refractivity contribution in [2.45, 2.75) is 32.3 Å². The zero-order valence-electron chi connectivity index (χ0n) is 19.9. The molecule has 0 unspecified atom stereocenters. The Morgan fingerprint density at radius 1 is 0.943 bits per heavy atom. The van der Waals surface area contributed by atoms with Crippen LogP contribution in [-0.2, 0) is 7.05 Å². The number of imide groups is 1. The van der Waals surface area contributed by atoms with Crippen molar-refractivity contribution in [2.75, 3.05) is 22.9 Å². The number of imidazole rings is 1. The number of aromatic nitrogens is 2. The van der Waals surface area contributed by atoms with Gasteiger partial charge in [-0.3, -0.25) is 14.2 Å². The number of fused-ring (bicyclic) bond motifs is 1. The molecule has 1 fully saturated rings. The number of rotatable bonds is 2. The van der Waals surface area contributed by atoms with E-state index in [0.717, 1.165) is 11.1 Å². The Bertz CT molecular complexity index is 1600. The summed E-state index contributed by atoms with van der Waals surface area (Å²) in [7, 11) is 1.65. The number of hydrogen-bond acceptors (Lipinski definition) is 5. The Balaban J connectivity index is 1.49. The van der Waals surface area contributed by atoms with E-state index in [1.807, 2.05) is 32.0 Å². The van der Waals surface area contributed by atoms with E-state index in [4.69, 9.17) is 0 Å². The molecule has 8 heteroatoms. The van der Waals surface area contributed by atoms with Gasteiger partial charge in [0.25, 0.3) is 11.8 Å². The summed E-state index contributed by atoms with van der Waals surface area (Å²) in [6.07, 6.45) is 1.32.